The van der Waals surface area contributed by atoms with Gasteiger partial charge in [-0.1, -0.05) is 37.1 Å². The maximum atomic E-state index is 13.5. The number of nitrogens with zero attached hydrogens (tertiary/aromatic N) is 2. The van der Waals surface area contributed by atoms with Gasteiger partial charge in [-0.2, -0.15) is 0 Å². The number of hydrogen-bond donors (Lipinski definition) is 1. The second-order valence-electron chi connectivity index (χ2n) is 9.19. The van der Waals surface area contributed by atoms with E-state index >= 15 is 0 Å². The number of Topliss-reactive ketones (excluding diaryl/α,β-unsaturated/α-hetero) is 1. The Labute approximate surface area is 211 Å². The van der Waals surface area contributed by atoms with Crippen LogP contribution in [0, 0.1) is 5.82 Å². The van der Waals surface area contributed by atoms with Gasteiger partial charge < -0.3 is 10.2 Å². The largest absolute Gasteiger partial charge is 0.352 e. The van der Waals surface area contributed by atoms with Gasteiger partial charge in [-0.15, -0.1) is 0 Å². The zero-order valence-corrected chi connectivity index (χ0v) is 21.6. The van der Waals surface area contributed by atoms with Crippen LogP contribution < -0.4 is 9.62 Å². The molecule has 1 N–H and O–H groups in total. The summed E-state index contributed by atoms with van der Waals surface area (Å²) in [6.07, 6.45) is 4.78. The molecule has 0 aromatic heterocycles. The number of amides is 2. The third-order valence-electron chi connectivity index (χ3n) is 6.35. The summed E-state index contributed by atoms with van der Waals surface area (Å²) in [5.41, 5.74) is 1.07. The summed E-state index contributed by atoms with van der Waals surface area (Å²) < 4.78 is 39.7. The summed E-state index contributed by atoms with van der Waals surface area (Å²) in [6.45, 7) is 2.38. The first-order valence-electron chi connectivity index (χ1n) is 11.9. The summed E-state index contributed by atoms with van der Waals surface area (Å²) >= 11 is 0. The molecule has 1 aliphatic carbocycles. The van der Waals surface area contributed by atoms with Gasteiger partial charge in [0.25, 0.3) is 0 Å². The molecule has 10 heteroatoms. The van der Waals surface area contributed by atoms with Gasteiger partial charge in [-0.3, -0.25) is 18.7 Å². The molecule has 0 bridgehead atoms. The number of nitrogens with one attached hydrogen (secondary N) is 1. The van der Waals surface area contributed by atoms with E-state index in [2.05, 4.69) is 5.32 Å². The first kappa shape index (κ1) is 27.3. The molecule has 194 valence electrons. The minimum absolute atomic E-state index is 0.0105. The second kappa shape index (κ2) is 11.6. The molecule has 0 heterocycles. The number of carbonyl (C=O) groups excluding carboxylic acids is 3. The smallest absolute Gasteiger partial charge is 0.244 e. The first-order chi connectivity index (χ1) is 17.0. The molecule has 36 heavy (non-hydrogen) atoms. The van der Waals surface area contributed by atoms with Crippen LogP contribution in [0.5, 0.6) is 0 Å². The van der Waals surface area contributed by atoms with Crippen LogP contribution in [-0.4, -0.2) is 55.8 Å². The van der Waals surface area contributed by atoms with Crippen molar-refractivity contribution < 1.29 is 27.2 Å². The first-order valence-corrected chi connectivity index (χ1v) is 13.7. The molecule has 1 aliphatic rings. The second-order valence-corrected chi connectivity index (χ2v) is 11.1. The predicted molar refractivity (Wildman–Crippen MR) is 135 cm³/mol. The Morgan fingerprint density at radius 2 is 1.72 bits per heavy atom. The SMILES string of the molecule is CC(=O)c1cccc(N(CC(=O)N(Cc2ccc(F)cc2)[C@H](C)C(=O)NC2CCCC2)S(C)(=O)=O)c1. The van der Waals surface area contributed by atoms with E-state index < -0.39 is 34.3 Å². The quantitative estimate of drug-likeness (QED) is 0.487. The highest BCUT2D eigenvalue weighted by Crippen LogP contribution is 2.22. The average Bonchev–Trinajstić information content (AvgIpc) is 3.34. The lowest BCUT2D eigenvalue weighted by molar-refractivity contribution is -0.139. The molecular formula is C26H32FN3O5S. The molecular weight excluding hydrogens is 485 g/mol. The number of ketones is 1. The molecule has 2 aromatic rings. The molecule has 0 saturated heterocycles. The standard InChI is InChI=1S/C26H32FN3O5S/c1-18(26(33)28-23-8-4-5-9-23)29(16-20-11-13-22(27)14-12-20)25(32)17-30(36(3,34)35)24-10-6-7-21(15-24)19(2)31/h6-7,10-15,18,23H,4-5,8-9,16-17H2,1-3H3,(H,28,33)/t18-/m1/s1. The topological polar surface area (TPSA) is 104 Å². The van der Waals surface area contributed by atoms with Crippen LogP contribution in [0.3, 0.4) is 0 Å². The van der Waals surface area contributed by atoms with Crippen LogP contribution in [0.15, 0.2) is 48.5 Å². The highest BCUT2D eigenvalue weighted by molar-refractivity contribution is 7.92. The number of carbonyl (C=O) groups is 3. The molecule has 2 aromatic carbocycles. The van der Waals surface area contributed by atoms with Gasteiger partial charge in [0.15, 0.2) is 5.78 Å². The lowest BCUT2D eigenvalue weighted by Crippen LogP contribution is -2.52. The molecule has 0 unspecified atom stereocenters. The molecule has 0 spiro atoms. The lowest BCUT2D eigenvalue weighted by atomic mass is 10.1. The van der Waals surface area contributed by atoms with Crippen LogP contribution in [0.2, 0.25) is 0 Å². The van der Waals surface area contributed by atoms with Crippen molar-refractivity contribution in [3.05, 3.63) is 65.5 Å². The summed E-state index contributed by atoms with van der Waals surface area (Å²) in [6, 6.07) is 10.7. The minimum atomic E-state index is -3.91. The van der Waals surface area contributed by atoms with Crippen LogP contribution in [-0.2, 0) is 26.2 Å². The number of hydrogen-bond acceptors (Lipinski definition) is 5. The fourth-order valence-corrected chi connectivity index (χ4v) is 5.10. The van der Waals surface area contributed by atoms with Crippen molar-refractivity contribution in [2.24, 2.45) is 0 Å². The van der Waals surface area contributed by atoms with Crippen molar-refractivity contribution in [2.75, 3.05) is 17.1 Å². The van der Waals surface area contributed by atoms with Crippen LogP contribution in [0.25, 0.3) is 0 Å². The van der Waals surface area contributed by atoms with Gasteiger partial charge in [-0.05, 0) is 56.5 Å². The van der Waals surface area contributed by atoms with Crippen LogP contribution in [0.4, 0.5) is 10.1 Å². The van der Waals surface area contributed by atoms with Crippen molar-refractivity contribution in [2.45, 2.75) is 58.2 Å². The van der Waals surface area contributed by atoms with Crippen molar-refractivity contribution >= 4 is 33.3 Å². The number of sulfonamides is 1. The van der Waals surface area contributed by atoms with Gasteiger partial charge in [0.05, 0.1) is 11.9 Å². The summed E-state index contributed by atoms with van der Waals surface area (Å²) in [7, 11) is -3.91. The van der Waals surface area contributed by atoms with E-state index in [4.69, 9.17) is 0 Å². The Kier molecular flexibility index (Phi) is 8.84. The maximum Gasteiger partial charge on any atom is 0.244 e. The minimum Gasteiger partial charge on any atom is -0.352 e. The molecule has 0 radical (unpaired) electrons. The van der Waals surface area contributed by atoms with Crippen molar-refractivity contribution in [3.8, 4) is 0 Å². The highest BCUT2D eigenvalue weighted by atomic mass is 32.2. The summed E-state index contributed by atoms with van der Waals surface area (Å²) in [5, 5.41) is 2.98. The molecule has 1 saturated carbocycles. The molecule has 1 atom stereocenters. The monoisotopic (exact) mass is 517 g/mol. The van der Waals surface area contributed by atoms with Gasteiger partial charge in [0.1, 0.15) is 18.4 Å². The molecule has 2 amide bonds. The van der Waals surface area contributed by atoms with Gasteiger partial charge in [0, 0.05) is 18.2 Å². The van der Waals surface area contributed by atoms with E-state index in [1.165, 1.54) is 48.2 Å². The Hall–Kier alpha value is -3.27. The molecule has 3 rings (SSSR count). The molecule has 0 aliphatic heterocycles. The summed E-state index contributed by atoms with van der Waals surface area (Å²) in [4.78, 5) is 39.7. The zero-order chi connectivity index (χ0) is 26.5. The fraction of sp³-hybridized carbons (Fsp3) is 0.423. The van der Waals surface area contributed by atoms with Crippen LogP contribution in [0.1, 0.15) is 55.5 Å². The zero-order valence-electron chi connectivity index (χ0n) is 20.7. The fourth-order valence-electron chi connectivity index (χ4n) is 4.25. The van der Waals surface area contributed by atoms with Gasteiger partial charge >= 0.3 is 0 Å². The van der Waals surface area contributed by atoms with E-state index in [1.54, 1.807) is 19.1 Å². The Morgan fingerprint density at radius 3 is 2.31 bits per heavy atom. The predicted octanol–water partition coefficient (Wildman–Crippen LogP) is 3.27. The highest BCUT2D eigenvalue weighted by Gasteiger charge is 2.31. The number of benzene rings is 2. The molecule has 1 fully saturated rings. The van der Waals surface area contributed by atoms with E-state index in [-0.39, 0.29) is 30.0 Å². The third-order valence-corrected chi connectivity index (χ3v) is 7.50. The Balaban J connectivity index is 1.90. The van der Waals surface area contributed by atoms with Gasteiger partial charge in [-0.25, -0.2) is 12.8 Å². The summed E-state index contributed by atoms with van der Waals surface area (Å²) in [5.74, 6) is -1.61. The Morgan fingerprint density at radius 1 is 1.08 bits per heavy atom. The number of rotatable bonds is 10. The van der Waals surface area contributed by atoms with Crippen molar-refractivity contribution in [3.63, 3.8) is 0 Å². The third kappa shape index (κ3) is 7.13. The normalized spacial score (nSPS) is 14.8. The van der Waals surface area contributed by atoms with Crippen molar-refractivity contribution in [1.82, 2.24) is 10.2 Å². The molecule has 8 nitrogen and oxygen atoms in total. The maximum absolute atomic E-state index is 13.5. The van der Waals surface area contributed by atoms with E-state index in [9.17, 15) is 27.2 Å². The van der Waals surface area contributed by atoms with Crippen LogP contribution >= 0.6 is 0 Å². The number of halogens is 1. The van der Waals surface area contributed by atoms with Crippen molar-refractivity contribution in [1.29, 1.82) is 0 Å². The Bertz CT molecular complexity index is 1210. The van der Waals surface area contributed by atoms with E-state index in [0.717, 1.165) is 36.2 Å². The number of anilines is 1. The average molecular weight is 518 g/mol. The van der Waals surface area contributed by atoms with E-state index in [0.29, 0.717) is 11.1 Å². The van der Waals surface area contributed by atoms with Gasteiger partial charge in [0.2, 0.25) is 21.8 Å². The lowest BCUT2D eigenvalue weighted by Gasteiger charge is -2.32. The van der Waals surface area contributed by atoms with E-state index in [1.807, 2.05) is 0 Å².